The van der Waals surface area contributed by atoms with Crippen LogP contribution >= 0.6 is 23.1 Å². The van der Waals surface area contributed by atoms with Crippen LogP contribution in [0.15, 0.2) is 50.9 Å². The third-order valence-corrected chi connectivity index (χ3v) is 6.17. The van der Waals surface area contributed by atoms with E-state index in [0.29, 0.717) is 22.3 Å². The van der Waals surface area contributed by atoms with Crippen molar-refractivity contribution in [1.29, 1.82) is 0 Å². The highest BCUT2D eigenvalue weighted by Gasteiger charge is 2.19. The van der Waals surface area contributed by atoms with E-state index < -0.39 is 0 Å². The molecule has 8 heteroatoms. The van der Waals surface area contributed by atoms with Gasteiger partial charge in [0.2, 0.25) is 5.89 Å². The maximum atomic E-state index is 12.8. The lowest BCUT2D eigenvalue weighted by atomic mass is 10.2. The predicted molar refractivity (Wildman–Crippen MR) is 104 cm³/mol. The van der Waals surface area contributed by atoms with E-state index in [9.17, 15) is 4.79 Å². The molecule has 0 aliphatic rings. The van der Waals surface area contributed by atoms with Gasteiger partial charge in [-0.3, -0.25) is 9.36 Å². The molecule has 0 unspecified atom stereocenters. The lowest BCUT2D eigenvalue weighted by Gasteiger charge is -2.09. The zero-order valence-corrected chi connectivity index (χ0v) is 16.1. The summed E-state index contributed by atoms with van der Waals surface area (Å²) in [5, 5.41) is 5.00. The number of aryl methyl sites for hydroxylation is 1. The Balaban J connectivity index is 1.74. The molecule has 3 aromatic heterocycles. The second-order valence-electron chi connectivity index (χ2n) is 5.89. The maximum Gasteiger partial charge on any atom is 0.262 e. The molecule has 0 radical (unpaired) electrons. The lowest BCUT2D eigenvalue weighted by molar-refractivity contribution is 0.376. The topological polar surface area (TPSA) is 73.8 Å². The highest BCUT2D eigenvalue weighted by Crippen LogP contribution is 2.35. The van der Waals surface area contributed by atoms with Crippen molar-refractivity contribution in [2.75, 3.05) is 0 Å². The molecule has 4 rings (SSSR count). The zero-order valence-electron chi connectivity index (χ0n) is 14.5. The van der Waals surface area contributed by atoms with Gasteiger partial charge in [0.05, 0.1) is 10.6 Å². The predicted octanol–water partition coefficient (Wildman–Crippen LogP) is 4.21. The van der Waals surface area contributed by atoms with Crippen LogP contribution in [0, 0.1) is 6.92 Å². The first-order valence-electron chi connectivity index (χ1n) is 8.06. The van der Waals surface area contributed by atoms with Crippen molar-refractivity contribution >= 4 is 33.3 Å². The minimum atomic E-state index is -0.0969. The molecule has 0 amide bonds. The minimum Gasteiger partial charge on any atom is -0.338 e. The summed E-state index contributed by atoms with van der Waals surface area (Å²) in [4.78, 5) is 23.5. The first-order chi connectivity index (χ1) is 12.5. The Kier molecular flexibility index (Phi) is 4.37. The van der Waals surface area contributed by atoms with Gasteiger partial charge >= 0.3 is 0 Å². The van der Waals surface area contributed by atoms with Gasteiger partial charge in [0.15, 0.2) is 11.0 Å². The molecular weight excluding hydrogens is 368 g/mol. The first-order valence-corrected chi connectivity index (χ1v) is 9.75. The third kappa shape index (κ3) is 3.06. The highest BCUT2D eigenvalue weighted by atomic mass is 32.2. The molecule has 0 saturated carbocycles. The van der Waals surface area contributed by atoms with Gasteiger partial charge in [0, 0.05) is 11.9 Å². The number of thioether (sulfide) groups is 1. The van der Waals surface area contributed by atoms with Crippen LogP contribution in [0.4, 0.5) is 0 Å². The number of benzene rings is 1. The smallest absolute Gasteiger partial charge is 0.262 e. The maximum absolute atomic E-state index is 12.8. The largest absolute Gasteiger partial charge is 0.338 e. The van der Waals surface area contributed by atoms with Crippen LogP contribution < -0.4 is 5.56 Å². The molecule has 6 nitrogen and oxygen atoms in total. The molecule has 3 heterocycles. The van der Waals surface area contributed by atoms with Gasteiger partial charge in [0.1, 0.15) is 4.83 Å². The Morgan fingerprint density at radius 1 is 1.23 bits per heavy atom. The molecule has 0 N–H and O–H groups in total. The molecule has 0 bridgehead atoms. The van der Waals surface area contributed by atoms with E-state index in [1.807, 2.05) is 43.3 Å². The van der Waals surface area contributed by atoms with Crippen molar-refractivity contribution < 1.29 is 4.52 Å². The quantitative estimate of drug-likeness (QED) is 0.388. The Hall–Kier alpha value is -2.45. The summed E-state index contributed by atoms with van der Waals surface area (Å²) in [6.45, 7) is 3.74. The minimum absolute atomic E-state index is 0.0511. The van der Waals surface area contributed by atoms with Crippen LogP contribution in [0.2, 0.25) is 0 Å². The number of fused-ring (bicyclic) bond motifs is 1. The van der Waals surface area contributed by atoms with Crippen LogP contribution in [0.1, 0.15) is 23.9 Å². The highest BCUT2D eigenvalue weighted by molar-refractivity contribution is 7.99. The van der Waals surface area contributed by atoms with Gasteiger partial charge < -0.3 is 4.52 Å². The summed E-state index contributed by atoms with van der Waals surface area (Å²) in [6, 6.07) is 11.9. The average Bonchev–Trinajstić information content (AvgIpc) is 3.27. The van der Waals surface area contributed by atoms with Crippen molar-refractivity contribution in [2.45, 2.75) is 24.3 Å². The van der Waals surface area contributed by atoms with E-state index in [0.717, 1.165) is 15.3 Å². The van der Waals surface area contributed by atoms with Gasteiger partial charge in [-0.25, -0.2) is 4.98 Å². The Morgan fingerprint density at radius 2 is 2.00 bits per heavy atom. The zero-order chi connectivity index (χ0) is 18.3. The monoisotopic (exact) mass is 384 g/mol. The van der Waals surface area contributed by atoms with E-state index in [-0.39, 0.29) is 10.8 Å². The molecule has 0 aliphatic heterocycles. The van der Waals surface area contributed by atoms with Crippen molar-refractivity contribution in [3.8, 4) is 10.4 Å². The first kappa shape index (κ1) is 17.0. The average molecular weight is 384 g/mol. The fourth-order valence-electron chi connectivity index (χ4n) is 2.58. The number of hydrogen-bond acceptors (Lipinski definition) is 7. The molecule has 26 heavy (non-hydrogen) atoms. The summed E-state index contributed by atoms with van der Waals surface area (Å²) in [5.41, 5.74) is 1.03. The van der Waals surface area contributed by atoms with Crippen LogP contribution in [0.5, 0.6) is 0 Å². The summed E-state index contributed by atoms with van der Waals surface area (Å²) >= 11 is 2.96. The van der Waals surface area contributed by atoms with Crippen LogP contribution in [0.25, 0.3) is 20.7 Å². The Labute approximate surface area is 157 Å². The Morgan fingerprint density at radius 3 is 2.69 bits per heavy atom. The third-order valence-electron chi connectivity index (χ3n) is 3.96. The number of aromatic nitrogens is 4. The van der Waals surface area contributed by atoms with Gasteiger partial charge in [0.25, 0.3) is 5.56 Å². The molecular formula is C18H16N4O2S2. The SMILES string of the molecule is Cc1noc([C@@H](C)Sc2nc3sc(-c4ccccc4)cc3c(=O)n2C)n1. The van der Waals surface area contributed by atoms with Gasteiger partial charge in [-0.2, -0.15) is 4.98 Å². The summed E-state index contributed by atoms with van der Waals surface area (Å²) in [6.07, 6.45) is 0. The molecule has 1 atom stereocenters. The van der Waals surface area contributed by atoms with E-state index in [4.69, 9.17) is 9.51 Å². The van der Waals surface area contributed by atoms with Crippen molar-refractivity contribution in [3.63, 3.8) is 0 Å². The number of nitrogens with zero attached hydrogens (tertiary/aromatic N) is 4. The fourth-order valence-corrected chi connectivity index (χ4v) is 4.57. The van der Waals surface area contributed by atoms with Gasteiger partial charge in [-0.1, -0.05) is 47.3 Å². The molecule has 132 valence electrons. The normalized spacial score (nSPS) is 12.6. The lowest BCUT2D eigenvalue weighted by Crippen LogP contribution is -2.19. The van der Waals surface area contributed by atoms with Crippen molar-refractivity contribution in [3.05, 3.63) is 58.5 Å². The molecule has 0 saturated heterocycles. The summed E-state index contributed by atoms with van der Waals surface area (Å²) < 4.78 is 6.80. The van der Waals surface area contributed by atoms with Crippen LogP contribution in [-0.4, -0.2) is 19.7 Å². The van der Waals surface area contributed by atoms with Gasteiger partial charge in [-0.15, -0.1) is 11.3 Å². The van der Waals surface area contributed by atoms with E-state index in [1.165, 1.54) is 23.1 Å². The second-order valence-corrected chi connectivity index (χ2v) is 8.23. The second kappa shape index (κ2) is 6.69. The summed E-state index contributed by atoms with van der Waals surface area (Å²) in [7, 11) is 1.74. The fraction of sp³-hybridized carbons (Fsp3) is 0.222. The van der Waals surface area contributed by atoms with Gasteiger partial charge in [-0.05, 0) is 25.5 Å². The van der Waals surface area contributed by atoms with E-state index >= 15 is 0 Å². The number of thiophene rings is 1. The van der Waals surface area contributed by atoms with Crippen molar-refractivity contribution in [2.24, 2.45) is 7.05 Å². The Bertz CT molecular complexity index is 1130. The molecule has 1 aromatic carbocycles. The molecule has 0 spiro atoms. The van der Waals surface area contributed by atoms with Crippen LogP contribution in [0.3, 0.4) is 0 Å². The standard InChI is InChI=1S/C18H16N4O2S2/c1-10(15-19-11(2)21-24-15)25-18-20-16-13(17(23)22(18)3)9-14(26-16)12-7-5-4-6-8-12/h4-10H,1-3H3/t10-/m1/s1. The summed E-state index contributed by atoms with van der Waals surface area (Å²) in [5.74, 6) is 1.12. The van der Waals surface area contributed by atoms with Crippen LogP contribution in [-0.2, 0) is 7.05 Å². The van der Waals surface area contributed by atoms with Crippen molar-refractivity contribution in [1.82, 2.24) is 19.7 Å². The van der Waals surface area contributed by atoms with E-state index in [1.54, 1.807) is 18.5 Å². The number of hydrogen-bond donors (Lipinski definition) is 0. The molecule has 4 aromatic rings. The van der Waals surface area contributed by atoms with E-state index in [2.05, 4.69) is 10.1 Å². The number of rotatable bonds is 4. The molecule has 0 aliphatic carbocycles. The molecule has 0 fully saturated rings.